The normalized spacial score (nSPS) is 10.8. The zero-order valence-corrected chi connectivity index (χ0v) is 16.8. The summed E-state index contributed by atoms with van der Waals surface area (Å²) < 4.78 is 10.4. The number of methoxy groups -OCH3 is 1. The number of benzene rings is 2. The maximum absolute atomic E-state index is 12.0. The molecule has 0 radical (unpaired) electrons. The summed E-state index contributed by atoms with van der Waals surface area (Å²) in [7, 11) is 1.32. The average Bonchev–Trinajstić information content (AvgIpc) is 3.21. The van der Waals surface area contributed by atoms with Crippen molar-refractivity contribution in [3.8, 4) is 11.3 Å². The number of rotatable bonds is 7. The predicted molar refractivity (Wildman–Crippen MR) is 113 cm³/mol. The topological polar surface area (TPSA) is 124 Å². The standard InChI is InChI=1S/C22H19N3O6/c1-14-11-16(22(27)30-2)7-9-18(14)20-10-8-17(31-20)13-23-24-21(26)12-15-5-3-4-6-19(15)25(28)29/h3-11,13H,12H2,1-2H3,(H,24,26)/b23-13+. The lowest BCUT2D eigenvalue weighted by Gasteiger charge is -2.05. The SMILES string of the molecule is COC(=O)c1ccc(-c2ccc(/C=N/NC(=O)Cc3ccccc3[N+](=O)[O-])o2)c(C)c1. The van der Waals surface area contributed by atoms with Crippen LogP contribution >= 0.6 is 0 Å². The van der Waals surface area contributed by atoms with Crippen molar-refractivity contribution in [1.29, 1.82) is 0 Å². The van der Waals surface area contributed by atoms with Crippen molar-refractivity contribution < 1.29 is 23.7 Å². The monoisotopic (exact) mass is 421 g/mol. The van der Waals surface area contributed by atoms with Crippen LogP contribution in [0.3, 0.4) is 0 Å². The Labute approximate surface area is 177 Å². The third-order valence-corrected chi connectivity index (χ3v) is 4.46. The lowest BCUT2D eigenvalue weighted by molar-refractivity contribution is -0.385. The molecule has 2 aromatic carbocycles. The smallest absolute Gasteiger partial charge is 0.337 e. The number of hydrogen-bond donors (Lipinski definition) is 1. The lowest BCUT2D eigenvalue weighted by atomic mass is 10.0. The number of carbonyl (C=O) groups excluding carboxylic acids is 2. The van der Waals surface area contributed by atoms with E-state index in [0.29, 0.717) is 22.6 Å². The van der Waals surface area contributed by atoms with Gasteiger partial charge in [-0.25, -0.2) is 10.2 Å². The number of nitro groups is 1. The number of nitrogens with one attached hydrogen (secondary N) is 1. The second kappa shape index (κ2) is 9.49. The molecule has 3 aromatic rings. The average molecular weight is 421 g/mol. The summed E-state index contributed by atoms with van der Waals surface area (Å²) in [4.78, 5) is 34.2. The fourth-order valence-corrected chi connectivity index (χ4v) is 2.97. The van der Waals surface area contributed by atoms with Crippen LogP contribution in [-0.2, 0) is 16.0 Å². The number of ether oxygens (including phenoxy) is 1. The van der Waals surface area contributed by atoms with Crippen molar-refractivity contribution in [2.75, 3.05) is 7.11 Å². The molecule has 1 heterocycles. The third-order valence-electron chi connectivity index (χ3n) is 4.46. The second-order valence-corrected chi connectivity index (χ2v) is 6.58. The van der Waals surface area contributed by atoms with Crippen LogP contribution in [0, 0.1) is 17.0 Å². The highest BCUT2D eigenvalue weighted by molar-refractivity contribution is 5.90. The van der Waals surface area contributed by atoms with E-state index in [0.717, 1.165) is 11.1 Å². The number of para-hydroxylation sites is 1. The van der Waals surface area contributed by atoms with Gasteiger partial charge in [0.05, 0.1) is 30.2 Å². The number of nitrogens with zero attached hydrogens (tertiary/aromatic N) is 2. The molecule has 0 aliphatic carbocycles. The van der Waals surface area contributed by atoms with Gasteiger partial charge in [0.2, 0.25) is 5.91 Å². The summed E-state index contributed by atoms with van der Waals surface area (Å²) in [5.74, 6) is 0.0594. The molecule has 0 aliphatic rings. The van der Waals surface area contributed by atoms with Crippen LogP contribution in [-0.4, -0.2) is 30.1 Å². The maximum Gasteiger partial charge on any atom is 0.337 e. The number of amides is 1. The van der Waals surface area contributed by atoms with Crippen LogP contribution in [0.1, 0.15) is 27.2 Å². The Morgan fingerprint density at radius 3 is 2.68 bits per heavy atom. The number of hydrogen-bond acceptors (Lipinski definition) is 7. The van der Waals surface area contributed by atoms with Gasteiger partial charge in [-0.05, 0) is 36.8 Å². The summed E-state index contributed by atoms with van der Waals surface area (Å²) in [5, 5.41) is 14.9. The van der Waals surface area contributed by atoms with Gasteiger partial charge in [-0.2, -0.15) is 5.10 Å². The van der Waals surface area contributed by atoms with Crippen LogP contribution in [0.4, 0.5) is 5.69 Å². The van der Waals surface area contributed by atoms with E-state index >= 15 is 0 Å². The number of hydrazone groups is 1. The molecule has 1 aromatic heterocycles. The van der Waals surface area contributed by atoms with Crippen molar-refractivity contribution in [1.82, 2.24) is 5.43 Å². The van der Waals surface area contributed by atoms with Gasteiger partial charge < -0.3 is 9.15 Å². The Morgan fingerprint density at radius 2 is 1.97 bits per heavy atom. The molecule has 0 bridgehead atoms. The molecule has 3 rings (SSSR count). The molecular weight excluding hydrogens is 402 g/mol. The van der Waals surface area contributed by atoms with Crippen LogP contribution in [0.25, 0.3) is 11.3 Å². The maximum atomic E-state index is 12.0. The first-order valence-electron chi connectivity index (χ1n) is 9.22. The Morgan fingerprint density at radius 1 is 1.19 bits per heavy atom. The first-order chi connectivity index (χ1) is 14.9. The number of aryl methyl sites for hydroxylation is 1. The molecule has 0 atom stereocenters. The van der Waals surface area contributed by atoms with E-state index in [4.69, 9.17) is 9.15 Å². The van der Waals surface area contributed by atoms with Crippen molar-refractivity contribution in [3.63, 3.8) is 0 Å². The number of nitro benzene ring substituents is 1. The predicted octanol–water partition coefficient (Wildman–Crippen LogP) is 3.64. The van der Waals surface area contributed by atoms with Crippen LogP contribution in [0.5, 0.6) is 0 Å². The minimum absolute atomic E-state index is 0.120. The molecule has 9 nitrogen and oxygen atoms in total. The number of furan rings is 1. The van der Waals surface area contributed by atoms with Crippen molar-refractivity contribution in [2.45, 2.75) is 13.3 Å². The molecule has 0 saturated heterocycles. The first-order valence-corrected chi connectivity index (χ1v) is 9.22. The van der Waals surface area contributed by atoms with Crippen LogP contribution in [0.15, 0.2) is 64.1 Å². The van der Waals surface area contributed by atoms with E-state index < -0.39 is 16.8 Å². The summed E-state index contributed by atoms with van der Waals surface area (Å²) >= 11 is 0. The van der Waals surface area contributed by atoms with E-state index in [2.05, 4.69) is 10.5 Å². The zero-order chi connectivity index (χ0) is 22.4. The largest absolute Gasteiger partial charge is 0.465 e. The van der Waals surface area contributed by atoms with Crippen molar-refractivity contribution in [3.05, 3.63) is 87.2 Å². The first kappa shape index (κ1) is 21.4. The van der Waals surface area contributed by atoms with Gasteiger partial charge in [0.25, 0.3) is 5.69 Å². The minimum Gasteiger partial charge on any atom is -0.465 e. The molecule has 0 saturated carbocycles. The van der Waals surface area contributed by atoms with Gasteiger partial charge in [-0.15, -0.1) is 0 Å². The van der Waals surface area contributed by atoms with E-state index in [1.165, 1.54) is 31.5 Å². The highest BCUT2D eigenvalue weighted by Crippen LogP contribution is 2.26. The van der Waals surface area contributed by atoms with Gasteiger partial charge >= 0.3 is 5.97 Å². The molecule has 0 aliphatic heterocycles. The van der Waals surface area contributed by atoms with E-state index in [1.807, 2.05) is 6.92 Å². The van der Waals surface area contributed by atoms with Gasteiger partial charge in [0.1, 0.15) is 11.5 Å². The lowest BCUT2D eigenvalue weighted by Crippen LogP contribution is -2.20. The zero-order valence-electron chi connectivity index (χ0n) is 16.8. The van der Waals surface area contributed by atoms with E-state index in [1.54, 1.807) is 36.4 Å². The summed E-state index contributed by atoms with van der Waals surface area (Å²) in [6.07, 6.45) is 1.16. The van der Waals surface area contributed by atoms with Gasteiger partial charge in [-0.3, -0.25) is 14.9 Å². The quantitative estimate of drug-likeness (QED) is 0.269. The molecule has 0 unspecified atom stereocenters. The number of carbonyl (C=O) groups is 2. The molecule has 0 fully saturated rings. The molecule has 9 heteroatoms. The van der Waals surface area contributed by atoms with E-state index in [-0.39, 0.29) is 12.1 Å². The van der Waals surface area contributed by atoms with E-state index in [9.17, 15) is 19.7 Å². The van der Waals surface area contributed by atoms with Crippen molar-refractivity contribution in [2.24, 2.45) is 5.10 Å². The van der Waals surface area contributed by atoms with Crippen LogP contribution in [0.2, 0.25) is 0 Å². The second-order valence-electron chi connectivity index (χ2n) is 6.58. The fourth-order valence-electron chi connectivity index (χ4n) is 2.97. The van der Waals surface area contributed by atoms with Gasteiger partial charge in [0.15, 0.2) is 0 Å². The molecule has 1 amide bonds. The molecule has 31 heavy (non-hydrogen) atoms. The highest BCUT2D eigenvalue weighted by Gasteiger charge is 2.15. The van der Waals surface area contributed by atoms with Gasteiger partial charge in [0, 0.05) is 17.2 Å². The highest BCUT2D eigenvalue weighted by atomic mass is 16.6. The fraction of sp³-hybridized carbons (Fsp3) is 0.136. The minimum atomic E-state index is -0.532. The Balaban J connectivity index is 1.64. The third kappa shape index (κ3) is 5.21. The summed E-state index contributed by atoms with van der Waals surface area (Å²) in [6, 6.07) is 14.6. The Kier molecular flexibility index (Phi) is 6.56. The van der Waals surface area contributed by atoms with Crippen molar-refractivity contribution >= 4 is 23.8 Å². The molecule has 1 N–H and O–H groups in total. The number of esters is 1. The van der Waals surface area contributed by atoms with Gasteiger partial charge in [-0.1, -0.05) is 24.3 Å². The molecule has 0 spiro atoms. The molecule has 158 valence electrons. The Hall–Kier alpha value is -4.27. The van der Waals surface area contributed by atoms with Crippen LogP contribution < -0.4 is 5.43 Å². The Bertz CT molecular complexity index is 1170. The summed E-state index contributed by atoms with van der Waals surface area (Å²) in [6.45, 7) is 1.85. The molecular formula is C22H19N3O6. The summed E-state index contributed by atoms with van der Waals surface area (Å²) in [5.41, 5.74) is 4.58.